The van der Waals surface area contributed by atoms with E-state index in [4.69, 9.17) is 0 Å². The molecule has 0 atom stereocenters. The lowest BCUT2D eigenvalue weighted by molar-refractivity contribution is 0.539. The van der Waals surface area contributed by atoms with Crippen LogP contribution in [0.3, 0.4) is 0 Å². The first-order valence-electron chi connectivity index (χ1n) is 8.90. The summed E-state index contributed by atoms with van der Waals surface area (Å²) in [5, 5.41) is 8.42. The van der Waals surface area contributed by atoms with Gasteiger partial charge in [-0.2, -0.15) is 0 Å². The molecule has 0 fully saturated rings. The lowest BCUT2D eigenvalue weighted by Crippen LogP contribution is -2.23. The third-order valence-electron chi connectivity index (χ3n) is 5.17. The minimum Gasteiger partial charge on any atom is -0.0610 e. The van der Waals surface area contributed by atoms with Gasteiger partial charge >= 0.3 is 0 Å². The van der Waals surface area contributed by atoms with Gasteiger partial charge in [-0.25, -0.2) is 0 Å². The molecule has 0 saturated heterocycles. The molecule has 0 nitrogen and oxygen atoms in total. The molecule has 0 bridgehead atoms. The average molecular weight is 314 g/mol. The molecular weight excluding hydrogens is 288 g/mol. The van der Waals surface area contributed by atoms with Crippen molar-refractivity contribution in [3.05, 3.63) is 59.7 Å². The molecule has 0 heterocycles. The molecule has 0 radical (unpaired) electrons. The van der Waals surface area contributed by atoms with E-state index in [1.807, 2.05) is 0 Å². The van der Waals surface area contributed by atoms with E-state index in [1.165, 1.54) is 43.4 Å². The van der Waals surface area contributed by atoms with Crippen molar-refractivity contribution in [3.8, 4) is 0 Å². The molecule has 0 aliphatic heterocycles. The zero-order chi connectivity index (χ0) is 17.3. The van der Waals surface area contributed by atoms with Gasteiger partial charge in [-0.05, 0) is 54.3 Å². The Labute approximate surface area is 144 Å². The van der Waals surface area contributed by atoms with E-state index in [0.29, 0.717) is 0 Å². The zero-order valence-corrected chi connectivity index (χ0v) is 15.6. The quantitative estimate of drug-likeness (QED) is 0.301. The Morgan fingerprint density at radius 1 is 0.500 bits per heavy atom. The van der Waals surface area contributed by atoms with E-state index in [0.717, 1.165) is 0 Å². The van der Waals surface area contributed by atoms with Gasteiger partial charge in [0, 0.05) is 0 Å². The lowest BCUT2D eigenvalue weighted by Gasteiger charge is -2.34. The Morgan fingerprint density at radius 2 is 0.875 bits per heavy atom. The number of hydrogen-bond donors (Lipinski definition) is 0. The van der Waals surface area contributed by atoms with E-state index < -0.39 is 0 Å². The van der Waals surface area contributed by atoms with Crippen molar-refractivity contribution >= 4 is 32.3 Å². The van der Waals surface area contributed by atoms with Crippen molar-refractivity contribution in [2.45, 2.75) is 52.4 Å². The first-order valence-corrected chi connectivity index (χ1v) is 8.90. The predicted octanol–water partition coefficient (Wildman–Crippen LogP) is 7.18. The SMILES string of the molecule is CC(C)(C)c1c(C(C)(C)C)c2cccc3ccc4cccc1c4c32. The molecule has 24 heavy (non-hydrogen) atoms. The van der Waals surface area contributed by atoms with Crippen LogP contribution >= 0.6 is 0 Å². The summed E-state index contributed by atoms with van der Waals surface area (Å²) in [5.74, 6) is 0. The minimum absolute atomic E-state index is 0.104. The molecule has 0 aromatic heterocycles. The van der Waals surface area contributed by atoms with Crippen molar-refractivity contribution in [3.63, 3.8) is 0 Å². The molecule has 0 spiro atoms. The number of benzene rings is 4. The summed E-state index contributed by atoms with van der Waals surface area (Å²) in [5.41, 5.74) is 3.22. The topological polar surface area (TPSA) is 0 Å². The number of hydrogen-bond acceptors (Lipinski definition) is 0. The summed E-state index contributed by atoms with van der Waals surface area (Å²) in [6.45, 7) is 14.1. The largest absolute Gasteiger partial charge is 0.0610 e. The fourth-order valence-electron chi connectivity index (χ4n) is 4.40. The highest BCUT2D eigenvalue weighted by molar-refractivity contribution is 6.25. The van der Waals surface area contributed by atoms with Gasteiger partial charge in [0.05, 0.1) is 0 Å². The van der Waals surface area contributed by atoms with Crippen LogP contribution in [0.2, 0.25) is 0 Å². The Balaban J connectivity index is 2.43. The predicted molar refractivity (Wildman–Crippen MR) is 108 cm³/mol. The van der Waals surface area contributed by atoms with Crippen LogP contribution in [0.5, 0.6) is 0 Å². The third-order valence-corrected chi connectivity index (χ3v) is 5.17. The second-order valence-electron chi connectivity index (χ2n) is 9.12. The van der Waals surface area contributed by atoms with Crippen LogP contribution in [0.15, 0.2) is 48.5 Å². The van der Waals surface area contributed by atoms with Gasteiger partial charge in [0.25, 0.3) is 0 Å². The average Bonchev–Trinajstić information content (AvgIpc) is 2.49. The Morgan fingerprint density at radius 3 is 1.21 bits per heavy atom. The Bertz CT molecular complexity index is 966. The molecule has 0 aliphatic rings. The Kier molecular flexibility index (Phi) is 3.04. The minimum atomic E-state index is 0.104. The molecule has 0 aliphatic carbocycles. The smallest absolute Gasteiger partial charge is 0.00236 e. The molecular formula is C24H26. The van der Waals surface area contributed by atoms with E-state index in [9.17, 15) is 0 Å². The highest BCUT2D eigenvalue weighted by atomic mass is 14.3. The second-order valence-corrected chi connectivity index (χ2v) is 9.12. The molecule has 0 N–H and O–H groups in total. The van der Waals surface area contributed by atoms with Crippen LogP contribution in [-0.4, -0.2) is 0 Å². The van der Waals surface area contributed by atoms with E-state index in [2.05, 4.69) is 90.1 Å². The summed E-state index contributed by atoms with van der Waals surface area (Å²) >= 11 is 0. The highest BCUT2D eigenvalue weighted by Gasteiger charge is 2.30. The summed E-state index contributed by atoms with van der Waals surface area (Å²) in [7, 11) is 0. The Hall–Kier alpha value is -2.08. The van der Waals surface area contributed by atoms with Gasteiger partial charge in [-0.1, -0.05) is 90.1 Å². The lowest BCUT2D eigenvalue weighted by atomic mass is 9.70. The van der Waals surface area contributed by atoms with Crippen molar-refractivity contribution < 1.29 is 0 Å². The van der Waals surface area contributed by atoms with Gasteiger partial charge in [-0.15, -0.1) is 0 Å². The zero-order valence-electron chi connectivity index (χ0n) is 15.6. The molecule has 122 valence electrons. The normalized spacial score (nSPS) is 13.4. The van der Waals surface area contributed by atoms with Gasteiger partial charge in [-0.3, -0.25) is 0 Å². The van der Waals surface area contributed by atoms with Crippen LogP contribution < -0.4 is 0 Å². The second kappa shape index (κ2) is 4.72. The summed E-state index contributed by atoms with van der Waals surface area (Å²) in [6, 6.07) is 18.1. The van der Waals surface area contributed by atoms with Crippen LogP contribution in [0, 0.1) is 0 Å². The van der Waals surface area contributed by atoms with Crippen molar-refractivity contribution in [2.24, 2.45) is 0 Å². The molecule has 4 aromatic rings. The van der Waals surface area contributed by atoms with Crippen molar-refractivity contribution in [1.82, 2.24) is 0 Å². The maximum atomic E-state index is 2.35. The van der Waals surface area contributed by atoms with E-state index in [-0.39, 0.29) is 10.8 Å². The summed E-state index contributed by atoms with van der Waals surface area (Å²) < 4.78 is 0. The van der Waals surface area contributed by atoms with Crippen molar-refractivity contribution in [2.75, 3.05) is 0 Å². The van der Waals surface area contributed by atoms with Gasteiger partial charge in [0.2, 0.25) is 0 Å². The number of rotatable bonds is 0. The maximum absolute atomic E-state index is 2.35. The van der Waals surface area contributed by atoms with E-state index >= 15 is 0 Å². The molecule has 0 amide bonds. The molecule has 0 heteroatoms. The molecule has 0 unspecified atom stereocenters. The first-order chi connectivity index (χ1) is 11.2. The molecule has 4 rings (SSSR count). The highest BCUT2D eigenvalue weighted by Crippen LogP contribution is 2.46. The molecule has 4 aromatic carbocycles. The fourth-order valence-corrected chi connectivity index (χ4v) is 4.40. The van der Waals surface area contributed by atoms with Crippen LogP contribution in [0.4, 0.5) is 0 Å². The standard InChI is InChI=1S/C24H26/c1-23(2,3)21-17-11-7-9-15-13-14-16-10-8-12-18(20(16)19(15)17)22(21)24(4,5)6/h7-14H,1-6H3. The maximum Gasteiger partial charge on any atom is -0.00236 e. The monoisotopic (exact) mass is 314 g/mol. The molecule has 0 saturated carbocycles. The van der Waals surface area contributed by atoms with E-state index in [1.54, 1.807) is 0 Å². The van der Waals surface area contributed by atoms with Crippen LogP contribution in [-0.2, 0) is 10.8 Å². The van der Waals surface area contributed by atoms with Gasteiger partial charge in [0.1, 0.15) is 0 Å². The summed E-state index contributed by atoms with van der Waals surface area (Å²) in [6.07, 6.45) is 0. The first kappa shape index (κ1) is 15.4. The van der Waals surface area contributed by atoms with Crippen molar-refractivity contribution in [1.29, 1.82) is 0 Å². The van der Waals surface area contributed by atoms with Crippen LogP contribution in [0.1, 0.15) is 52.7 Å². The van der Waals surface area contributed by atoms with Gasteiger partial charge in [0.15, 0.2) is 0 Å². The fraction of sp³-hybridized carbons (Fsp3) is 0.333. The van der Waals surface area contributed by atoms with Gasteiger partial charge < -0.3 is 0 Å². The van der Waals surface area contributed by atoms with Crippen LogP contribution in [0.25, 0.3) is 32.3 Å². The third kappa shape index (κ3) is 2.05. The summed E-state index contributed by atoms with van der Waals surface area (Å²) in [4.78, 5) is 0.